The first-order chi connectivity index (χ1) is 9.43. The molecule has 0 spiro atoms. The van der Waals surface area contributed by atoms with Crippen LogP contribution in [-0.4, -0.2) is 22.9 Å². The number of hydrogen-bond acceptors (Lipinski definition) is 4. The van der Waals surface area contributed by atoms with Crippen molar-refractivity contribution in [3.05, 3.63) is 38.7 Å². The molecule has 5 nitrogen and oxygen atoms in total. The highest BCUT2D eigenvalue weighted by molar-refractivity contribution is 9.10. The third kappa shape index (κ3) is 2.69. The van der Waals surface area contributed by atoms with Gasteiger partial charge in [0.15, 0.2) is 0 Å². The highest BCUT2D eigenvalue weighted by Gasteiger charge is 2.19. The summed E-state index contributed by atoms with van der Waals surface area (Å²) in [6, 6.07) is 4.36. The van der Waals surface area contributed by atoms with Gasteiger partial charge in [0.05, 0.1) is 12.5 Å². The summed E-state index contributed by atoms with van der Waals surface area (Å²) in [5.41, 5.74) is -1.17. The molecule has 1 heterocycles. The molecule has 0 radical (unpaired) electrons. The molecule has 0 aliphatic heterocycles. The van der Waals surface area contributed by atoms with Crippen molar-refractivity contribution in [2.24, 2.45) is 0 Å². The van der Waals surface area contributed by atoms with Crippen LogP contribution >= 0.6 is 15.9 Å². The van der Waals surface area contributed by atoms with Crippen LogP contribution < -0.4 is 5.56 Å². The second-order valence-corrected chi connectivity index (χ2v) is 4.83. The molecule has 0 atom stereocenters. The van der Waals surface area contributed by atoms with Gasteiger partial charge in [-0.3, -0.25) is 9.59 Å². The Morgan fingerprint density at radius 3 is 2.75 bits per heavy atom. The van der Waals surface area contributed by atoms with E-state index in [-0.39, 0.29) is 10.8 Å². The fraction of sp³-hybridized carbons (Fsp3) is 0.250. The summed E-state index contributed by atoms with van der Waals surface area (Å²) in [5, 5.41) is 3.69. The molecule has 1 aromatic carbocycles. The second-order valence-electron chi connectivity index (χ2n) is 3.91. The number of hydrogen-bond donors (Lipinski definition) is 0. The number of nitrogens with zero attached hydrogens (tertiary/aromatic N) is 2. The van der Waals surface area contributed by atoms with E-state index in [1.165, 1.54) is 12.1 Å². The molecule has 0 N–H and O–H groups in total. The lowest BCUT2D eigenvalue weighted by atomic mass is 10.1. The molecule has 0 unspecified atom stereocenters. The summed E-state index contributed by atoms with van der Waals surface area (Å²) in [4.78, 5) is 23.3. The normalized spacial score (nSPS) is 11.1. The number of carbonyl (C=O) groups is 1. The van der Waals surface area contributed by atoms with E-state index in [4.69, 9.17) is 0 Å². The van der Waals surface area contributed by atoms with Gasteiger partial charge in [0.1, 0.15) is 12.2 Å². The minimum absolute atomic E-state index is 0.0560. The predicted octanol–water partition coefficient (Wildman–Crippen LogP) is 2.27. The smallest absolute Gasteiger partial charge is 0.327 e. The maximum absolute atomic E-state index is 13.1. The van der Waals surface area contributed by atoms with Crippen molar-refractivity contribution in [1.82, 2.24) is 9.78 Å². The van der Waals surface area contributed by atoms with Crippen molar-refractivity contribution in [3.63, 3.8) is 0 Å². The number of methoxy groups -OCH3 is 1. The maximum atomic E-state index is 13.1. The van der Waals surface area contributed by atoms with Crippen molar-refractivity contribution in [2.75, 3.05) is 7.11 Å². The Hall–Kier alpha value is -1.83. The fourth-order valence-electron chi connectivity index (χ4n) is 1.74. The van der Waals surface area contributed by atoms with E-state index in [0.717, 1.165) is 7.11 Å². The Kier molecular flexibility index (Phi) is 4.12. The summed E-state index contributed by atoms with van der Waals surface area (Å²) in [6.07, 6.45) is -2.86. The van der Waals surface area contributed by atoms with E-state index in [0.29, 0.717) is 9.15 Å². The lowest BCUT2D eigenvalue weighted by molar-refractivity contribution is -0.141. The van der Waals surface area contributed by atoms with Crippen LogP contribution in [0.4, 0.5) is 8.78 Å². The number of benzene rings is 1. The molecule has 0 saturated carbocycles. The lowest BCUT2D eigenvalue weighted by Crippen LogP contribution is -2.28. The monoisotopic (exact) mass is 346 g/mol. The quantitative estimate of drug-likeness (QED) is 0.800. The van der Waals surface area contributed by atoms with Gasteiger partial charge in [-0.1, -0.05) is 15.9 Å². The van der Waals surface area contributed by atoms with Crippen LogP contribution in [0.15, 0.2) is 27.5 Å². The summed E-state index contributed by atoms with van der Waals surface area (Å²) in [7, 11) is 1.14. The zero-order valence-corrected chi connectivity index (χ0v) is 11.9. The van der Waals surface area contributed by atoms with E-state index in [2.05, 4.69) is 25.8 Å². The summed E-state index contributed by atoms with van der Waals surface area (Å²) >= 11 is 3.15. The number of carbonyl (C=O) groups excluding carboxylic acids is 1. The number of fused-ring (bicyclic) bond motifs is 1. The minimum atomic E-state index is -2.86. The average Bonchev–Trinajstić information content (AvgIpc) is 2.41. The SMILES string of the molecule is COC(=O)Cn1nc(C(F)F)c2cc(Br)ccc2c1=O. The highest BCUT2D eigenvalue weighted by atomic mass is 79.9. The molecule has 2 aromatic rings. The van der Waals surface area contributed by atoms with Gasteiger partial charge in [0.2, 0.25) is 0 Å². The number of halogens is 3. The van der Waals surface area contributed by atoms with Gasteiger partial charge in [-0.25, -0.2) is 13.5 Å². The third-order valence-electron chi connectivity index (χ3n) is 2.66. The topological polar surface area (TPSA) is 61.2 Å². The van der Waals surface area contributed by atoms with Gasteiger partial charge in [0, 0.05) is 9.86 Å². The zero-order valence-electron chi connectivity index (χ0n) is 10.3. The van der Waals surface area contributed by atoms with E-state index < -0.39 is 30.2 Å². The molecule has 0 bridgehead atoms. The first-order valence-corrected chi connectivity index (χ1v) is 6.28. The van der Waals surface area contributed by atoms with E-state index in [1.807, 2.05) is 0 Å². The summed E-state index contributed by atoms with van der Waals surface area (Å²) in [6.45, 7) is -0.513. The summed E-state index contributed by atoms with van der Waals surface area (Å²) in [5.74, 6) is -0.740. The van der Waals surface area contributed by atoms with Gasteiger partial charge in [0.25, 0.3) is 12.0 Å². The van der Waals surface area contributed by atoms with Gasteiger partial charge in [-0.15, -0.1) is 0 Å². The van der Waals surface area contributed by atoms with Crippen LogP contribution in [0.3, 0.4) is 0 Å². The number of aromatic nitrogens is 2. The fourth-order valence-corrected chi connectivity index (χ4v) is 2.10. The Balaban J connectivity index is 2.73. The van der Waals surface area contributed by atoms with Gasteiger partial charge >= 0.3 is 5.97 Å². The maximum Gasteiger partial charge on any atom is 0.327 e. The van der Waals surface area contributed by atoms with Crippen molar-refractivity contribution >= 4 is 32.7 Å². The van der Waals surface area contributed by atoms with Crippen LogP contribution in [0.1, 0.15) is 12.1 Å². The third-order valence-corrected chi connectivity index (χ3v) is 3.16. The van der Waals surface area contributed by atoms with Crippen LogP contribution in [0.2, 0.25) is 0 Å². The minimum Gasteiger partial charge on any atom is -0.468 e. The van der Waals surface area contributed by atoms with Crippen molar-refractivity contribution in [1.29, 1.82) is 0 Å². The largest absolute Gasteiger partial charge is 0.468 e. The Bertz CT molecular complexity index is 730. The van der Waals surface area contributed by atoms with Crippen molar-refractivity contribution < 1.29 is 18.3 Å². The van der Waals surface area contributed by atoms with Crippen molar-refractivity contribution in [3.8, 4) is 0 Å². The molecule has 8 heteroatoms. The molecule has 0 saturated heterocycles. The molecule has 1 aromatic heterocycles. The Labute approximate surface area is 120 Å². The van der Waals surface area contributed by atoms with Crippen LogP contribution in [0.25, 0.3) is 10.8 Å². The molecule has 0 fully saturated rings. The van der Waals surface area contributed by atoms with E-state index >= 15 is 0 Å². The number of esters is 1. The molecular weight excluding hydrogens is 338 g/mol. The van der Waals surface area contributed by atoms with E-state index in [9.17, 15) is 18.4 Å². The van der Waals surface area contributed by atoms with Gasteiger partial charge in [-0.2, -0.15) is 5.10 Å². The molecule has 0 amide bonds. The number of alkyl halides is 2. The first-order valence-electron chi connectivity index (χ1n) is 5.49. The highest BCUT2D eigenvalue weighted by Crippen LogP contribution is 2.26. The average molecular weight is 347 g/mol. The molecule has 106 valence electrons. The predicted molar refractivity (Wildman–Crippen MR) is 70.7 cm³/mol. The van der Waals surface area contributed by atoms with Gasteiger partial charge < -0.3 is 4.74 Å². The standard InChI is InChI=1S/C12H9BrF2N2O3/c1-20-9(18)5-17-12(19)7-3-2-6(13)4-8(7)10(16-17)11(14)15/h2-4,11H,5H2,1H3. The van der Waals surface area contributed by atoms with Crippen LogP contribution in [0.5, 0.6) is 0 Å². The second kappa shape index (κ2) is 5.66. The zero-order chi connectivity index (χ0) is 14.9. The number of rotatable bonds is 3. The van der Waals surface area contributed by atoms with Gasteiger partial charge in [-0.05, 0) is 18.2 Å². The Morgan fingerprint density at radius 1 is 1.45 bits per heavy atom. The van der Waals surface area contributed by atoms with E-state index in [1.54, 1.807) is 6.07 Å². The lowest BCUT2D eigenvalue weighted by Gasteiger charge is -2.10. The first kappa shape index (κ1) is 14.6. The molecule has 20 heavy (non-hydrogen) atoms. The van der Waals surface area contributed by atoms with Crippen molar-refractivity contribution in [2.45, 2.75) is 13.0 Å². The van der Waals surface area contributed by atoms with Crippen LogP contribution in [0, 0.1) is 0 Å². The summed E-state index contributed by atoms with van der Waals surface area (Å²) < 4.78 is 31.7. The Morgan fingerprint density at radius 2 is 2.15 bits per heavy atom. The molecule has 2 rings (SSSR count). The van der Waals surface area contributed by atoms with Crippen LogP contribution in [-0.2, 0) is 16.1 Å². The molecule has 0 aliphatic carbocycles. The number of ether oxygens (including phenoxy) is 1. The molecule has 0 aliphatic rings. The molecular formula is C12H9BrF2N2O3.